The molecule has 0 aliphatic heterocycles. The van der Waals surface area contributed by atoms with Crippen molar-refractivity contribution in [3.05, 3.63) is 70.7 Å². The molecule has 3 aromatic rings. The molecule has 138 valence electrons. The molecule has 1 aromatic heterocycles. The van der Waals surface area contributed by atoms with Crippen LogP contribution in [0.5, 0.6) is 5.75 Å². The van der Waals surface area contributed by atoms with Crippen molar-refractivity contribution in [1.82, 2.24) is 4.98 Å². The zero-order chi connectivity index (χ0) is 19.2. The zero-order valence-corrected chi connectivity index (χ0v) is 16.5. The van der Waals surface area contributed by atoms with Gasteiger partial charge in [0.2, 0.25) is 5.91 Å². The molecule has 0 unspecified atom stereocenters. The Balaban J connectivity index is 1.56. The quantitative estimate of drug-likeness (QED) is 0.363. The average Bonchev–Trinajstić information content (AvgIpc) is 3.07. The topological polar surface area (TPSA) is 68.3 Å². The molecule has 0 spiro atoms. The molecule has 1 amide bonds. The Hall–Kier alpha value is -2.64. The number of carbonyl (C=O) groups excluding carboxylic acids is 2. The van der Waals surface area contributed by atoms with E-state index in [1.807, 2.05) is 24.4 Å². The summed E-state index contributed by atoms with van der Waals surface area (Å²) in [5.41, 5.74) is 3.29. The van der Waals surface area contributed by atoms with Gasteiger partial charge in [0, 0.05) is 29.4 Å². The fraction of sp³-hybridized carbons (Fsp3) is 0.150. The van der Waals surface area contributed by atoms with Gasteiger partial charge in [-0.2, -0.15) is 0 Å². The molecule has 0 radical (unpaired) electrons. The van der Waals surface area contributed by atoms with Gasteiger partial charge in [-0.1, -0.05) is 23.9 Å². The second kappa shape index (κ2) is 8.83. The Morgan fingerprint density at radius 1 is 1.11 bits per heavy atom. The SMILES string of the molecule is CC(=O)Nc1ccc(OC(=O)c2ccc(CSc3nc(C)cs3)cc2)cc1. The molecule has 1 N–H and O–H groups in total. The standard InChI is InChI=1S/C20H18N2O3S2/c1-13-11-26-20(21-13)27-12-15-3-5-16(6-4-15)19(24)25-18-9-7-17(8-10-18)22-14(2)23/h3-11H,12H2,1-2H3,(H,22,23). The molecule has 0 saturated carbocycles. The second-order valence-electron chi connectivity index (χ2n) is 5.84. The third-order valence-corrected chi connectivity index (χ3v) is 5.75. The summed E-state index contributed by atoms with van der Waals surface area (Å²) in [6.07, 6.45) is 0. The van der Waals surface area contributed by atoms with Crippen molar-refractivity contribution in [2.45, 2.75) is 23.9 Å². The van der Waals surface area contributed by atoms with E-state index in [-0.39, 0.29) is 5.91 Å². The van der Waals surface area contributed by atoms with Crippen LogP contribution in [0.1, 0.15) is 28.5 Å². The lowest BCUT2D eigenvalue weighted by Gasteiger charge is -2.07. The Labute approximate surface area is 165 Å². The molecule has 0 saturated heterocycles. The minimum atomic E-state index is -0.419. The maximum Gasteiger partial charge on any atom is 0.343 e. The first-order valence-corrected chi connectivity index (χ1v) is 10.1. The van der Waals surface area contributed by atoms with Gasteiger partial charge < -0.3 is 10.1 Å². The monoisotopic (exact) mass is 398 g/mol. The molecule has 0 fully saturated rings. The molecule has 1 heterocycles. The van der Waals surface area contributed by atoms with E-state index in [9.17, 15) is 9.59 Å². The van der Waals surface area contributed by atoms with Crippen molar-refractivity contribution in [3.8, 4) is 5.75 Å². The van der Waals surface area contributed by atoms with E-state index in [1.165, 1.54) is 6.92 Å². The lowest BCUT2D eigenvalue weighted by Crippen LogP contribution is -2.09. The minimum absolute atomic E-state index is 0.150. The van der Waals surface area contributed by atoms with Crippen molar-refractivity contribution in [3.63, 3.8) is 0 Å². The van der Waals surface area contributed by atoms with E-state index in [1.54, 1.807) is 59.5 Å². The molecule has 0 aliphatic rings. The Kier molecular flexibility index (Phi) is 6.26. The summed E-state index contributed by atoms with van der Waals surface area (Å²) < 4.78 is 6.41. The third-order valence-electron chi connectivity index (χ3n) is 3.54. The highest BCUT2D eigenvalue weighted by Gasteiger charge is 2.09. The van der Waals surface area contributed by atoms with Crippen LogP contribution in [0.2, 0.25) is 0 Å². The number of thiazole rings is 1. The van der Waals surface area contributed by atoms with Crippen molar-refractivity contribution in [1.29, 1.82) is 0 Å². The molecular formula is C20H18N2O3S2. The summed E-state index contributed by atoms with van der Waals surface area (Å²) in [5.74, 6) is 0.653. The van der Waals surface area contributed by atoms with Crippen molar-refractivity contribution < 1.29 is 14.3 Å². The van der Waals surface area contributed by atoms with Crippen LogP contribution in [0.4, 0.5) is 5.69 Å². The number of amides is 1. The fourth-order valence-electron chi connectivity index (χ4n) is 2.26. The minimum Gasteiger partial charge on any atom is -0.423 e. The molecule has 5 nitrogen and oxygen atoms in total. The van der Waals surface area contributed by atoms with Gasteiger partial charge in [0.15, 0.2) is 0 Å². The first-order chi connectivity index (χ1) is 13.0. The lowest BCUT2D eigenvalue weighted by molar-refractivity contribution is -0.114. The number of aryl methyl sites for hydroxylation is 1. The molecule has 27 heavy (non-hydrogen) atoms. The van der Waals surface area contributed by atoms with Crippen molar-refractivity contribution in [2.75, 3.05) is 5.32 Å². The van der Waals surface area contributed by atoms with E-state index >= 15 is 0 Å². The average molecular weight is 399 g/mol. The Bertz CT molecular complexity index is 935. The Morgan fingerprint density at radius 2 is 1.81 bits per heavy atom. The molecular weight excluding hydrogens is 380 g/mol. The van der Waals surface area contributed by atoms with Crippen LogP contribution >= 0.6 is 23.1 Å². The van der Waals surface area contributed by atoms with E-state index in [2.05, 4.69) is 10.3 Å². The largest absolute Gasteiger partial charge is 0.423 e. The number of hydrogen-bond donors (Lipinski definition) is 1. The van der Waals surface area contributed by atoms with E-state index in [0.717, 1.165) is 21.3 Å². The number of nitrogens with zero attached hydrogens (tertiary/aromatic N) is 1. The van der Waals surface area contributed by atoms with Crippen LogP contribution in [0.15, 0.2) is 58.3 Å². The lowest BCUT2D eigenvalue weighted by atomic mass is 10.1. The maximum absolute atomic E-state index is 12.3. The van der Waals surface area contributed by atoms with Gasteiger partial charge in [0.1, 0.15) is 10.1 Å². The maximum atomic E-state index is 12.3. The van der Waals surface area contributed by atoms with Crippen LogP contribution in [-0.4, -0.2) is 16.9 Å². The number of hydrogen-bond acceptors (Lipinski definition) is 6. The number of rotatable bonds is 6. The van der Waals surface area contributed by atoms with Crippen molar-refractivity contribution >= 4 is 40.7 Å². The number of carbonyl (C=O) groups is 2. The zero-order valence-electron chi connectivity index (χ0n) is 14.9. The molecule has 2 aromatic carbocycles. The number of esters is 1. The van der Waals surface area contributed by atoms with Crippen molar-refractivity contribution in [2.24, 2.45) is 0 Å². The van der Waals surface area contributed by atoms with Gasteiger partial charge in [-0.15, -0.1) is 11.3 Å². The summed E-state index contributed by atoms with van der Waals surface area (Å²) in [6.45, 7) is 3.42. The van der Waals surface area contributed by atoms with Gasteiger partial charge in [-0.25, -0.2) is 9.78 Å². The van der Waals surface area contributed by atoms with Crippen LogP contribution in [0, 0.1) is 6.92 Å². The van der Waals surface area contributed by atoms with Gasteiger partial charge in [-0.3, -0.25) is 4.79 Å². The highest BCUT2D eigenvalue weighted by atomic mass is 32.2. The van der Waals surface area contributed by atoms with Crippen LogP contribution < -0.4 is 10.1 Å². The first-order valence-electron chi connectivity index (χ1n) is 8.23. The smallest absolute Gasteiger partial charge is 0.343 e. The van der Waals surface area contributed by atoms with E-state index < -0.39 is 5.97 Å². The third kappa shape index (κ3) is 5.67. The summed E-state index contributed by atoms with van der Waals surface area (Å²) in [6, 6.07) is 14.0. The van der Waals surface area contributed by atoms with E-state index in [4.69, 9.17) is 4.74 Å². The predicted octanol–water partition coefficient (Wildman–Crippen LogP) is 4.92. The predicted molar refractivity (Wildman–Crippen MR) is 109 cm³/mol. The molecule has 0 aliphatic carbocycles. The molecule has 3 rings (SSSR count). The first kappa shape index (κ1) is 19.1. The number of ether oxygens (including phenoxy) is 1. The number of nitrogens with one attached hydrogen (secondary N) is 1. The highest BCUT2D eigenvalue weighted by Crippen LogP contribution is 2.26. The summed E-state index contributed by atoms with van der Waals surface area (Å²) in [7, 11) is 0. The number of anilines is 1. The fourth-order valence-corrected chi connectivity index (χ4v) is 4.06. The van der Waals surface area contributed by atoms with Gasteiger partial charge in [-0.05, 0) is 48.9 Å². The summed E-state index contributed by atoms with van der Waals surface area (Å²) in [4.78, 5) is 27.7. The van der Waals surface area contributed by atoms with E-state index in [0.29, 0.717) is 17.0 Å². The highest BCUT2D eigenvalue weighted by molar-refractivity contribution is 8.00. The molecule has 0 atom stereocenters. The molecule has 0 bridgehead atoms. The van der Waals surface area contributed by atoms with Gasteiger partial charge in [0.25, 0.3) is 0 Å². The van der Waals surface area contributed by atoms with Crippen LogP contribution in [0.3, 0.4) is 0 Å². The van der Waals surface area contributed by atoms with Crippen LogP contribution in [-0.2, 0) is 10.5 Å². The number of benzene rings is 2. The summed E-state index contributed by atoms with van der Waals surface area (Å²) in [5, 5.41) is 4.70. The number of aromatic nitrogens is 1. The second-order valence-corrected chi connectivity index (χ2v) is 7.92. The summed E-state index contributed by atoms with van der Waals surface area (Å²) >= 11 is 3.31. The Morgan fingerprint density at radius 3 is 2.41 bits per heavy atom. The normalized spacial score (nSPS) is 10.4. The van der Waals surface area contributed by atoms with Crippen LogP contribution in [0.25, 0.3) is 0 Å². The number of thioether (sulfide) groups is 1. The van der Waals surface area contributed by atoms with Gasteiger partial charge in [0.05, 0.1) is 5.56 Å². The van der Waals surface area contributed by atoms with Gasteiger partial charge >= 0.3 is 5.97 Å². The molecule has 7 heteroatoms.